The highest BCUT2D eigenvalue weighted by molar-refractivity contribution is 6.39. The summed E-state index contributed by atoms with van der Waals surface area (Å²) in [7, 11) is 0. The minimum atomic E-state index is -0.231. The van der Waals surface area contributed by atoms with Gasteiger partial charge in [-0.2, -0.15) is 10.2 Å². The molecule has 0 bridgehead atoms. The number of aromatic nitrogens is 2. The smallest absolute Gasteiger partial charge is 0.267 e. The number of carbonyl (C=O) groups excluding carboxylic acids is 2. The number of hydrogen-bond donors (Lipinski definition) is 1. The molecule has 1 N–H and O–H groups in total. The van der Waals surface area contributed by atoms with Gasteiger partial charge >= 0.3 is 0 Å². The van der Waals surface area contributed by atoms with Crippen LogP contribution in [0.3, 0.4) is 0 Å². The van der Waals surface area contributed by atoms with Gasteiger partial charge in [0.15, 0.2) is 0 Å². The lowest BCUT2D eigenvalue weighted by molar-refractivity contribution is -0.132. The minimum Gasteiger partial charge on any atom is -0.347 e. The predicted molar refractivity (Wildman–Crippen MR) is 93.5 cm³/mol. The van der Waals surface area contributed by atoms with Gasteiger partial charge in [-0.3, -0.25) is 14.3 Å². The van der Waals surface area contributed by atoms with E-state index in [1.54, 1.807) is 10.9 Å². The molecule has 1 aliphatic heterocycles. The molecular formula is C18H21N5O2. The monoisotopic (exact) mass is 339 g/mol. The summed E-state index contributed by atoms with van der Waals surface area (Å²) in [5, 5.41) is 12.7. The van der Waals surface area contributed by atoms with Crippen LogP contribution in [0.5, 0.6) is 0 Å². The van der Waals surface area contributed by atoms with Crippen LogP contribution in [-0.4, -0.2) is 38.4 Å². The van der Waals surface area contributed by atoms with Gasteiger partial charge in [0.2, 0.25) is 5.91 Å². The zero-order chi connectivity index (χ0) is 17.6. The van der Waals surface area contributed by atoms with E-state index in [4.69, 9.17) is 0 Å². The van der Waals surface area contributed by atoms with Crippen LogP contribution in [0.1, 0.15) is 25.3 Å². The predicted octanol–water partition coefficient (Wildman–Crippen LogP) is 1.57. The summed E-state index contributed by atoms with van der Waals surface area (Å²) in [6.45, 7) is 2.87. The van der Waals surface area contributed by atoms with E-state index in [-0.39, 0.29) is 17.9 Å². The first kappa shape index (κ1) is 16.9. The second kappa shape index (κ2) is 7.74. The Kier molecular flexibility index (Phi) is 5.23. The van der Waals surface area contributed by atoms with E-state index in [9.17, 15) is 9.59 Å². The van der Waals surface area contributed by atoms with Crippen LogP contribution in [0.4, 0.5) is 0 Å². The first-order valence-corrected chi connectivity index (χ1v) is 8.32. The fraction of sp³-hybridized carbons (Fsp3) is 0.333. The summed E-state index contributed by atoms with van der Waals surface area (Å²) in [6, 6.07) is 11.4. The van der Waals surface area contributed by atoms with E-state index >= 15 is 0 Å². The van der Waals surface area contributed by atoms with Crippen molar-refractivity contribution in [1.82, 2.24) is 20.1 Å². The fourth-order valence-electron chi connectivity index (χ4n) is 2.69. The lowest BCUT2D eigenvalue weighted by atomic mass is 10.1. The van der Waals surface area contributed by atoms with Crippen molar-refractivity contribution in [2.45, 2.75) is 38.9 Å². The van der Waals surface area contributed by atoms with Crippen molar-refractivity contribution in [2.75, 3.05) is 0 Å². The molecule has 25 heavy (non-hydrogen) atoms. The second-order valence-electron chi connectivity index (χ2n) is 6.09. The molecule has 2 heterocycles. The second-order valence-corrected chi connectivity index (χ2v) is 6.09. The van der Waals surface area contributed by atoms with Crippen LogP contribution in [-0.2, 0) is 22.7 Å². The molecule has 0 fully saturated rings. The van der Waals surface area contributed by atoms with Crippen LogP contribution in [0.2, 0.25) is 0 Å². The molecule has 7 heteroatoms. The largest absolute Gasteiger partial charge is 0.347 e. The maximum absolute atomic E-state index is 12.4. The Bertz CT molecular complexity index is 755. The molecule has 7 nitrogen and oxygen atoms in total. The van der Waals surface area contributed by atoms with Gasteiger partial charge in [0.05, 0.1) is 13.1 Å². The van der Waals surface area contributed by atoms with Crippen LogP contribution >= 0.6 is 0 Å². The zero-order valence-electron chi connectivity index (χ0n) is 14.1. The Hall–Kier alpha value is -2.96. The first-order chi connectivity index (χ1) is 12.1. The molecule has 130 valence electrons. The molecule has 1 aliphatic rings. The van der Waals surface area contributed by atoms with Crippen molar-refractivity contribution in [3.05, 3.63) is 54.4 Å². The van der Waals surface area contributed by atoms with E-state index in [1.165, 1.54) is 5.01 Å². The molecule has 0 spiro atoms. The number of amides is 2. The zero-order valence-corrected chi connectivity index (χ0v) is 14.1. The molecule has 1 aromatic heterocycles. The van der Waals surface area contributed by atoms with Gasteiger partial charge in [0.1, 0.15) is 5.71 Å². The third kappa shape index (κ3) is 4.53. The van der Waals surface area contributed by atoms with Gasteiger partial charge in [0.25, 0.3) is 5.91 Å². The lowest BCUT2D eigenvalue weighted by Crippen LogP contribution is -2.43. The normalized spacial score (nSPS) is 15.6. The first-order valence-electron chi connectivity index (χ1n) is 8.32. The number of hydrogen-bond acceptors (Lipinski definition) is 4. The Morgan fingerprint density at radius 1 is 1.24 bits per heavy atom. The van der Waals surface area contributed by atoms with E-state index in [0.717, 1.165) is 5.56 Å². The SMILES string of the molecule is CC(Cn1cccn1)NC(=O)C1=NN(Cc2ccccc2)C(=O)CC1. The molecule has 1 atom stereocenters. The van der Waals surface area contributed by atoms with Crippen molar-refractivity contribution < 1.29 is 9.59 Å². The highest BCUT2D eigenvalue weighted by Gasteiger charge is 2.25. The van der Waals surface area contributed by atoms with Crippen molar-refractivity contribution in [3.63, 3.8) is 0 Å². The number of benzene rings is 1. The van der Waals surface area contributed by atoms with E-state index in [0.29, 0.717) is 31.6 Å². The highest BCUT2D eigenvalue weighted by atomic mass is 16.2. The maximum atomic E-state index is 12.4. The Balaban J connectivity index is 1.62. The summed E-state index contributed by atoms with van der Waals surface area (Å²) in [4.78, 5) is 24.5. The molecule has 0 radical (unpaired) electrons. The number of hydrazone groups is 1. The van der Waals surface area contributed by atoms with Gasteiger partial charge in [-0.25, -0.2) is 5.01 Å². The molecule has 2 amide bonds. The Labute approximate surface area is 146 Å². The van der Waals surface area contributed by atoms with Crippen LogP contribution < -0.4 is 5.32 Å². The number of rotatable bonds is 6. The van der Waals surface area contributed by atoms with Gasteiger partial charge in [-0.15, -0.1) is 0 Å². The van der Waals surface area contributed by atoms with Gasteiger partial charge in [-0.05, 0) is 18.6 Å². The summed E-state index contributed by atoms with van der Waals surface area (Å²) < 4.78 is 1.76. The van der Waals surface area contributed by atoms with E-state index in [1.807, 2.05) is 49.5 Å². The van der Waals surface area contributed by atoms with Gasteiger partial charge in [0, 0.05) is 31.3 Å². The molecule has 0 aliphatic carbocycles. The highest BCUT2D eigenvalue weighted by Crippen LogP contribution is 2.13. The average molecular weight is 339 g/mol. The van der Waals surface area contributed by atoms with Crippen molar-refractivity contribution in [2.24, 2.45) is 5.10 Å². The number of nitrogens with one attached hydrogen (secondary N) is 1. The summed E-state index contributed by atoms with van der Waals surface area (Å²) >= 11 is 0. The van der Waals surface area contributed by atoms with Gasteiger partial charge in [-0.1, -0.05) is 30.3 Å². The molecule has 1 unspecified atom stereocenters. The van der Waals surface area contributed by atoms with Crippen molar-refractivity contribution >= 4 is 17.5 Å². The van der Waals surface area contributed by atoms with Crippen molar-refractivity contribution in [3.8, 4) is 0 Å². The van der Waals surface area contributed by atoms with E-state index < -0.39 is 0 Å². The third-order valence-electron chi connectivity index (χ3n) is 3.94. The molecule has 2 aromatic rings. The van der Waals surface area contributed by atoms with Gasteiger partial charge < -0.3 is 5.32 Å². The van der Waals surface area contributed by atoms with Crippen LogP contribution in [0.15, 0.2) is 53.9 Å². The molecule has 1 aromatic carbocycles. The minimum absolute atomic E-state index is 0.0648. The summed E-state index contributed by atoms with van der Waals surface area (Å²) in [5.41, 5.74) is 1.37. The fourth-order valence-corrected chi connectivity index (χ4v) is 2.69. The number of nitrogens with zero attached hydrogens (tertiary/aromatic N) is 4. The molecule has 0 saturated heterocycles. The lowest BCUT2D eigenvalue weighted by Gasteiger charge is -2.24. The van der Waals surface area contributed by atoms with Crippen molar-refractivity contribution in [1.29, 1.82) is 0 Å². The molecule has 3 rings (SSSR count). The van der Waals surface area contributed by atoms with Crippen LogP contribution in [0, 0.1) is 0 Å². The summed E-state index contributed by atoms with van der Waals surface area (Å²) in [5.74, 6) is -0.296. The molecule has 0 saturated carbocycles. The Morgan fingerprint density at radius 2 is 2.04 bits per heavy atom. The molecular weight excluding hydrogens is 318 g/mol. The average Bonchev–Trinajstić information content (AvgIpc) is 3.10. The topological polar surface area (TPSA) is 79.6 Å². The third-order valence-corrected chi connectivity index (χ3v) is 3.94. The quantitative estimate of drug-likeness (QED) is 0.867. The van der Waals surface area contributed by atoms with Crippen LogP contribution in [0.25, 0.3) is 0 Å². The standard InChI is InChI=1S/C18H21N5O2/c1-14(12-22-11-5-10-19-22)20-18(25)16-8-9-17(24)23(21-16)13-15-6-3-2-4-7-15/h2-7,10-11,14H,8-9,12-13H2,1H3,(H,20,25). The maximum Gasteiger partial charge on any atom is 0.267 e. The number of carbonyl (C=O) groups is 2. The summed E-state index contributed by atoms with van der Waals surface area (Å²) in [6.07, 6.45) is 4.21. The Morgan fingerprint density at radius 3 is 2.76 bits per heavy atom. The van der Waals surface area contributed by atoms with E-state index in [2.05, 4.69) is 15.5 Å².